The zero-order valence-corrected chi connectivity index (χ0v) is 16.9. The van der Waals surface area contributed by atoms with E-state index in [9.17, 15) is 4.79 Å². The van der Waals surface area contributed by atoms with Gasteiger partial charge in [-0.25, -0.2) is 4.98 Å². The summed E-state index contributed by atoms with van der Waals surface area (Å²) in [5, 5.41) is 4.36. The number of aromatic nitrogens is 1. The van der Waals surface area contributed by atoms with Crippen LogP contribution in [0.25, 0.3) is 0 Å². The molecule has 6 heteroatoms. The van der Waals surface area contributed by atoms with E-state index in [4.69, 9.17) is 4.42 Å². The van der Waals surface area contributed by atoms with Gasteiger partial charge >= 0.3 is 0 Å². The molecule has 3 aromatic rings. The van der Waals surface area contributed by atoms with E-state index in [2.05, 4.69) is 26.7 Å². The number of pyridine rings is 1. The Hall–Kier alpha value is -2.44. The van der Waals surface area contributed by atoms with Crippen LogP contribution < -0.4 is 4.90 Å². The summed E-state index contributed by atoms with van der Waals surface area (Å²) >= 11 is 1.75. The van der Waals surface area contributed by atoms with E-state index >= 15 is 0 Å². The molecule has 1 aliphatic heterocycles. The molecular formula is C22H25N3O2S. The predicted molar refractivity (Wildman–Crippen MR) is 112 cm³/mol. The summed E-state index contributed by atoms with van der Waals surface area (Å²) in [6.07, 6.45) is 6.27. The van der Waals surface area contributed by atoms with Gasteiger partial charge in [0.25, 0.3) is 5.91 Å². The highest BCUT2D eigenvalue weighted by Crippen LogP contribution is 2.25. The van der Waals surface area contributed by atoms with Crippen LogP contribution in [-0.2, 0) is 6.42 Å². The first kappa shape index (κ1) is 18.9. The second kappa shape index (κ2) is 8.71. The van der Waals surface area contributed by atoms with Crippen LogP contribution in [-0.4, -0.2) is 41.5 Å². The fourth-order valence-electron chi connectivity index (χ4n) is 3.75. The number of aryl methyl sites for hydroxylation is 1. The van der Waals surface area contributed by atoms with Gasteiger partial charge in [-0.15, -0.1) is 0 Å². The zero-order chi connectivity index (χ0) is 19.3. The average molecular weight is 396 g/mol. The lowest BCUT2D eigenvalue weighted by Crippen LogP contribution is -2.48. The van der Waals surface area contributed by atoms with Gasteiger partial charge in [0.15, 0.2) is 5.76 Å². The Morgan fingerprint density at radius 1 is 1.32 bits per heavy atom. The molecule has 4 heterocycles. The van der Waals surface area contributed by atoms with Crippen molar-refractivity contribution in [2.75, 3.05) is 24.5 Å². The molecule has 0 unspecified atom stereocenters. The third-order valence-corrected chi connectivity index (χ3v) is 6.05. The Morgan fingerprint density at radius 3 is 2.86 bits per heavy atom. The van der Waals surface area contributed by atoms with Crippen LogP contribution in [0.5, 0.6) is 0 Å². The van der Waals surface area contributed by atoms with Crippen LogP contribution in [0.15, 0.2) is 58.0 Å². The molecule has 1 saturated heterocycles. The van der Waals surface area contributed by atoms with Crippen LogP contribution in [0.1, 0.15) is 34.5 Å². The largest absolute Gasteiger partial charge is 0.459 e. The molecule has 1 fully saturated rings. The molecule has 3 aromatic heterocycles. The highest BCUT2D eigenvalue weighted by atomic mass is 32.1. The fourth-order valence-corrected chi connectivity index (χ4v) is 4.45. The number of hydrogen-bond donors (Lipinski definition) is 0. The van der Waals surface area contributed by atoms with Gasteiger partial charge in [-0.1, -0.05) is 0 Å². The third-order valence-electron chi connectivity index (χ3n) is 5.32. The van der Waals surface area contributed by atoms with E-state index in [1.165, 1.54) is 5.56 Å². The maximum Gasteiger partial charge on any atom is 0.295 e. The van der Waals surface area contributed by atoms with Crippen LogP contribution in [0, 0.1) is 6.92 Å². The SMILES string of the molecule is Cc1ccnc(N(C(=O)c2ccco2)C2CCN(CCc3ccsc3)CC2)c1. The first-order chi connectivity index (χ1) is 13.7. The average Bonchev–Trinajstić information content (AvgIpc) is 3.42. The Morgan fingerprint density at radius 2 is 2.18 bits per heavy atom. The van der Waals surface area contributed by atoms with Crippen LogP contribution >= 0.6 is 11.3 Å². The summed E-state index contributed by atoms with van der Waals surface area (Å²) in [7, 11) is 0. The van der Waals surface area contributed by atoms with E-state index < -0.39 is 0 Å². The molecule has 1 aliphatic rings. The highest BCUT2D eigenvalue weighted by molar-refractivity contribution is 7.07. The van der Waals surface area contributed by atoms with Crippen molar-refractivity contribution < 1.29 is 9.21 Å². The maximum absolute atomic E-state index is 13.2. The van der Waals surface area contributed by atoms with Gasteiger partial charge in [-0.05, 0) is 78.4 Å². The van der Waals surface area contributed by atoms with Gasteiger partial charge in [-0.3, -0.25) is 9.69 Å². The van der Waals surface area contributed by atoms with Crippen molar-refractivity contribution in [2.24, 2.45) is 0 Å². The zero-order valence-electron chi connectivity index (χ0n) is 16.1. The Balaban J connectivity index is 1.46. The summed E-state index contributed by atoms with van der Waals surface area (Å²) < 4.78 is 5.39. The minimum absolute atomic E-state index is 0.111. The van der Waals surface area contributed by atoms with Crippen LogP contribution in [0.3, 0.4) is 0 Å². The molecule has 146 valence electrons. The lowest BCUT2D eigenvalue weighted by atomic mass is 10.0. The molecule has 1 amide bonds. The number of amides is 1. The lowest BCUT2D eigenvalue weighted by molar-refractivity contribution is 0.0932. The Bertz CT molecular complexity index is 884. The summed E-state index contributed by atoms with van der Waals surface area (Å²) in [5.74, 6) is 0.959. The Labute approximate surface area is 169 Å². The van der Waals surface area contributed by atoms with E-state index in [-0.39, 0.29) is 11.9 Å². The molecule has 0 spiro atoms. The van der Waals surface area contributed by atoms with Gasteiger partial charge in [0, 0.05) is 31.9 Å². The van der Waals surface area contributed by atoms with E-state index in [1.54, 1.807) is 35.9 Å². The second-order valence-electron chi connectivity index (χ2n) is 7.30. The van der Waals surface area contributed by atoms with Crippen molar-refractivity contribution in [3.8, 4) is 0 Å². The second-order valence-corrected chi connectivity index (χ2v) is 8.08. The topological polar surface area (TPSA) is 49.6 Å². The fraction of sp³-hybridized carbons (Fsp3) is 0.364. The molecule has 0 aliphatic carbocycles. The van der Waals surface area contributed by atoms with E-state index in [0.29, 0.717) is 11.6 Å². The number of anilines is 1. The molecule has 0 radical (unpaired) electrons. The first-order valence-corrected chi connectivity index (χ1v) is 10.7. The molecule has 0 saturated carbocycles. The van der Waals surface area contributed by atoms with E-state index in [1.807, 2.05) is 24.0 Å². The van der Waals surface area contributed by atoms with Crippen molar-refractivity contribution in [3.05, 3.63) is 70.4 Å². The number of thiophene rings is 1. The minimum Gasteiger partial charge on any atom is -0.459 e. The summed E-state index contributed by atoms with van der Waals surface area (Å²) in [5.41, 5.74) is 2.50. The van der Waals surface area contributed by atoms with Crippen molar-refractivity contribution in [1.82, 2.24) is 9.88 Å². The predicted octanol–water partition coefficient (Wildman–Crippen LogP) is 4.40. The summed E-state index contributed by atoms with van der Waals surface area (Å²) in [6, 6.07) is 9.73. The summed E-state index contributed by atoms with van der Waals surface area (Å²) in [4.78, 5) is 22.0. The van der Waals surface area contributed by atoms with Gasteiger partial charge in [0.2, 0.25) is 0 Å². The molecule has 0 aromatic carbocycles. The number of hydrogen-bond acceptors (Lipinski definition) is 5. The number of likely N-dealkylation sites (tertiary alicyclic amines) is 1. The minimum atomic E-state index is -0.111. The van der Waals surface area contributed by atoms with Crippen molar-refractivity contribution >= 4 is 23.1 Å². The molecular weight excluding hydrogens is 370 g/mol. The number of carbonyl (C=O) groups excluding carboxylic acids is 1. The number of piperidine rings is 1. The highest BCUT2D eigenvalue weighted by Gasteiger charge is 2.31. The molecule has 0 bridgehead atoms. The Kier molecular flexibility index (Phi) is 5.88. The smallest absolute Gasteiger partial charge is 0.295 e. The maximum atomic E-state index is 13.2. The number of carbonyl (C=O) groups is 1. The third kappa shape index (κ3) is 4.34. The number of nitrogens with zero attached hydrogens (tertiary/aromatic N) is 3. The number of furan rings is 1. The quantitative estimate of drug-likeness (QED) is 0.621. The molecule has 5 nitrogen and oxygen atoms in total. The standard InChI is InChI=1S/C22H25N3O2S/c1-17-4-9-23-21(15-17)25(22(26)20-3-2-13-27-20)19-6-11-24(12-7-19)10-5-18-8-14-28-16-18/h2-4,8-9,13-16,19H,5-7,10-12H2,1H3. The molecule has 4 rings (SSSR count). The van der Waals surface area contributed by atoms with Crippen LogP contribution in [0.2, 0.25) is 0 Å². The normalized spacial score (nSPS) is 15.6. The van der Waals surface area contributed by atoms with Gasteiger partial charge in [0.1, 0.15) is 5.82 Å². The van der Waals surface area contributed by atoms with Gasteiger partial charge < -0.3 is 9.32 Å². The van der Waals surface area contributed by atoms with Crippen LogP contribution in [0.4, 0.5) is 5.82 Å². The van der Waals surface area contributed by atoms with E-state index in [0.717, 1.165) is 44.5 Å². The van der Waals surface area contributed by atoms with Crippen molar-refractivity contribution in [1.29, 1.82) is 0 Å². The lowest BCUT2D eigenvalue weighted by Gasteiger charge is -2.37. The van der Waals surface area contributed by atoms with Crippen molar-refractivity contribution in [3.63, 3.8) is 0 Å². The summed E-state index contributed by atoms with van der Waals surface area (Å²) in [6.45, 7) is 5.07. The van der Waals surface area contributed by atoms with Crippen molar-refractivity contribution in [2.45, 2.75) is 32.2 Å². The monoisotopic (exact) mass is 395 g/mol. The first-order valence-electron chi connectivity index (χ1n) is 9.74. The van der Waals surface area contributed by atoms with Gasteiger partial charge in [0.05, 0.1) is 6.26 Å². The molecule has 28 heavy (non-hydrogen) atoms. The number of rotatable bonds is 6. The molecule has 0 atom stereocenters. The molecule has 0 N–H and O–H groups in total. The van der Waals surface area contributed by atoms with Gasteiger partial charge in [-0.2, -0.15) is 11.3 Å².